The Balaban J connectivity index is 1.40. The smallest absolute Gasteiger partial charge is 0.231 e. The second-order valence-electron chi connectivity index (χ2n) is 8.31. The van der Waals surface area contributed by atoms with Crippen molar-refractivity contribution in [3.8, 4) is 23.0 Å². The minimum absolute atomic E-state index is 0.148. The Morgan fingerprint density at radius 2 is 1.79 bits per heavy atom. The molecule has 2 aliphatic rings. The number of hydrogen-bond acceptors (Lipinski definition) is 6. The molecule has 0 radical (unpaired) electrons. The molecule has 7 heteroatoms. The molecule has 5 rings (SSSR count). The topological polar surface area (TPSA) is 57.2 Å². The van der Waals surface area contributed by atoms with Crippen LogP contribution in [0.1, 0.15) is 32.6 Å². The molecule has 0 fully saturated rings. The van der Waals surface area contributed by atoms with E-state index >= 15 is 0 Å². The summed E-state index contributed by atoms with van der Waals surface area (Å²) in [5, 5.41) is 0.714. The summed E-state index contributed by atoms with van der Waals surface area (Å²) in [5.41, 5.74) is 4.29. The Hall–Kier alpha value is -3.48. The van der Waals surface area contributed by atoms with Gasteiger partial charge in [0.15, 0.2) is 17.3 Å². The molecule has 2 aliphatic heterocycles. The number of rotatable bonds is 5. The van der Waals surface area contributed by atoms with Gasteiger partial charge in [-0.05, 0) is 54.5 Å². The van der Waals surface area contributed by atoms with E-state index in [1.165, 1.54) is 0 Å². The monoisotopic (exact) mass is 477 g/mol. The molecular formula is C27H24ClNO5. The van der Waals surface area contributed by atoms with Crippen molar-refractivity contribution >= 4 is 23.5 Å². The van der Waals surface area contributed by atoms with Crippen LogP contribution < -0.4 is 18.9 Å². The third-order valence-corrected chi connectivity index (χ3v) is 6.28. The van der Waals surface area contributed by atoms with Gasteiger partial charge in [0.05, 0.1) is 19.8 Å². The minimum atomic E-state index is -0.148. The third-order valence-electron chi connectivity index (χ3n) is 6.03. The molecule has 0 unspecified atom stereocenters. The predicted octanol–water partition coefficient (Wildman–Crippen LogP) is 5.63. The lowest BCUT2D eigenvalue weighted by atomic mass is 9.99. The number of methoxy groups -OCH3 is 2. The van der Waals surface area contributed by atoms with Gasteiger partial charge in [-0.1, -0.05) is 29.8 Å². The molecule has 3 aromatic rings. The number of allylic oxidation sites excluding steroid dienone is 1. The first-order valence-corrected chi connectivity index (χ1v) is 11.3. The van der Waals surface area contributed by atoms with E-state index in [1.54, 1.807) is 32.4 Å². The number of nitrogens with zero attached hydrogens (tertiary/aromatic N) is 1. The first-order valence-electron chi connectivity index (χ1n) is 10.9. The van der Waals surface area contributed by atoms with Gasteiger partial charge in [-0.3, -0.25) is 9.69 Å². The average Bonchev–Trinajstić information content (AvgIpc) is 3.16. The summed E-state index contributed by atoms with van der Waals surface area (Å²) >= 11 is 6.00. The van der Waals surface area contributed by atoms with Crippen LogP contribution in [0, 0.1) is 6.92 Å². The van der Waals surface area contributed by atoms with Crippen molar-refractivity contribution < 1.29 is 23.7 Å². The van der Waals surface area contributed by atoms with Crippen molar-refractivity contribution in [1.29, 1.82) is 0 Å². The highest BCUT2D eigenvalue weighted by molar-refractivity contribution is 6.30. The molecule has 34 heavy (non-hydrogen) atoms. The van der Waals surface area contributed by atoms with Crippen LogP contribution in [0.2, 0.25) is 5.02 Å². The predicted molar refractivity (Wildman–Crippen MR) is 130 cm³/mol. The maximum Gasteiger partial charge on any atom is 0.231 e. The van der Waals surface area contributed by atoms with Crippen LogP contribution in [0.4, 0.5) is 0 Å². The first-order chi connectivity index (χ1) is 16.5. The molecule has 0 amide bonds. The highest BCUT2D eigenvalue weighted by Crippen LogP contribution is 2.43. The van der Waals surface area contributed by atoms with E-state index in [4.69, 9.17) is 30.5 Å². The molecule has 0 saturated carbocycles. The number of carbonyl (C=O) groups is 1. The number of ketones is 1. The van der Waals surface area contributed by atoms with E-state index < -0.39 is 0 Å². The van der Waals surface area contributed by atoms with Gasteiger partial charge >= 0.3 is 0 Å². The molecule has 6 nitrogen and oxygen atoms in total. The molecular weight excluding hydrogens is 454 g/mol. The molecule has 2 heterocycles. The quantitative estimate of drug-likeness (QED) is 0.444. The lowest BCUT2D eigenvalue weighted by Gasteiger charge is -2.30. The summed E-state index contributed by atoms with van der Waals surface area (Å²) < 4.78 is 22.8. The number of carbonyl (C=O) groups excluding carboxylic acids is 1. The Morgan fingerprint density at radius 1 is 1.03 bits per heavy atom. The molecule has 0 bridgehead atoms. The summed E-state index contributed by atoms with van der Waals surface area (Å²) in [4.78, 5) is 15.4. The van der Waals surface area contributed by atoms with Crippen molar-refractivity contribution in [3.63, 3.8) is 0 Å². The number of hydrogen-bond donors (Lipinski definition) is 0. The van der Waals surface area contributed by atoms with Crippen molar-refractivity contribution in [3.05, 3.63) is 87.1 Å². The molecule has 0 aliphatic carbocycles. The standard InChI is InChI=1S/C27H24ClNO5/c1-16-26-19(14-29(15-33-26)13-17-4-7-20(28)8-5-17)12-21-25(30)24(34-27(16)21)11-18-6-9-22(31-2)23(10-18)32-3/h4-12H,13-15H2,1-3H3/b24-11-. The van der Waals surface area contributed by atoms with Crippen LogP contribution in [0.15, 0.2) is 54.3 Å². The van der Waals surface area contributed by atoms with Gasteiger partial charge in [0.2, 0.25) is 5.78 Å². The largest absolute Gasteiger partial charge is 0.493 e. The maximum atomic E-state index is 13.2. The Morgan fingerprint density at radius 3 is 2.53 bits per heavy atom. The van der Waals surface area contributed by atoms with E-state index in [-0.39, 0.29) is 11.5 Å². The van der Waals surface area contributed by atoms with Crippen molar-refractivity contribution in [2.24, 2.45) is 0 Å². The van der Waals surface area contributed by atoms with Crippen LogP contribution in [0.25, 0.3) is 6.08 Å². The molecule has 0 N–H and O–H groups in total. The van der Waals surface area contributed by atoms with Gasteiger partial charge in [0.25, 0.3) is 0 Å². The van der Waals surface area contributed by atoms with Gasteiger partial charge in [-0.15, -0.1) is 0 Å². The summed E-state index contributed by atoms with van der Waals surface area (Å²) in [6.45, 7) is 3.78. The minimum Gasteiger partial charge on any atom is -0.493 e. The fourth-order valence-corrected chi connectivity index (χ4v) is 4.47. The van der Waals surface area contributed by atoms with Crippen molar-refractivity contribution in [2.45, 2.75) is 20.0 Å². The lowest BCUT2D eigenvalue weighted by Crippen LogP contribution is -2.32. The van der Waals surface area contributed by atoms with Crippen LogP contribution >= 0.6 is 11.6 Å². The Bertz CT molecular complexity index is 1300. The number of Topliss-reactive ketones (excluding diaryl/α,β-unsaturated/α-hetero) is 1. The number of fused-ring (bicyclic) bond motifs is 2. The van der Waals surface area contributed by atoms with Gasteiger partial charge in [0.1, 0.15) is 18.2 Å². The van der Waals surface area contributed by atoms with Crippen molar-refractivity contribution in [1.82, 2.24) is 4.90 Å². The normalized spacial score (nSPS) is 16.0. The number of ether oxygens (including phenoxy) is 4. The highest BCUT2D eigenvalue weighted by Gasteiger charge is 2.33. The van der Waals surface area contributed by atoms with Crippen LogP contribution in [0.3, 0.4) is 0 Å². The highest BCUT2D eigenvalue weighted by atomic mass is 35.5. The van der Waals surface area contributed by atoms with Gasteiger partial charge in [-0.2, -0.15) is 0 Å². The zero-order chi connectivity index (χ0) is 23.8. The van der Waals surface area contributed by atoms with E-state index in [0.717, 1.165) is 34.5 Å². The lowest BCUT2D eigenvalue weighted by molar-refractivity contribution is 0.0876. The first kappa shape index (κ1) is 22.3. The van der Waals surface area contributed by atoms with Gasteiger partial charge < -0.3 is 18.9 Å². The molecule has 0 atom stereocenters. The molecule has 0 aromatic heterocycles. The fourth-order valence-electron chi connectivity index (χ4n) is 4.34. The second kappa shape index (κ2) is 9.05. The fraction of sp³-hybridized carbons (Fsp3) is 0.222. The number of benzene rings is 3. The van der Waals surface area contributed by atoms with Crippen LogP contribution in [-0.2, 0) is 13.1 Å². The number of halogens is 1. The van der Waals surface area contributed by atoms with E-state index in [2.05, 4.69) is 4.90 Å². The molecule has 0 spiro atoms. The van der Waals surface area contributed by atoms with Crippen LogP contribution in [-0.4, -0.2) is 31.6 Å². The van der Waals surface area contributed by atoms with Crippen LogP contribution in [0.5, 0.6) is 23.0 Å². The summed E-state index contributed by atoms with van der Waals surface area (Å²) in [5.74, 6) is 2.67. The third kappa shape index (κ3) is 4.11. The second-order valence-corrected chi connectivity index (χ2v) is 8.74. The summed E-state index contributed by atoms with van der Waals surface area (Å²) in [7, 11) is 3.16. The zero-order valence-corrected chi connectivity index (χ0v) is 19.9. The van der Waals surface area contributed by atoms with Crippen molar-refractivity contribution in [2.75, 3.05) is 21.0 Å². The van der Waals surface area contributed by atoms with E-state index in [9.17, 15) is 4.79 Å². The zero-order valence-electron chi connectivity index (χ0n) is 19.2. The van der Waals surface area contributed by atoms with Gasteiger partial charge in [-0.25, -0.2) is 0 Å². The Kier molecular flexibility index (Phi) is 5.94. The van der Waals surface area contributed by atoms with Gasteiger partial charge in [0, 0.05) is 29.2 Å². The van der Waals surface area contributed by atoms with E-state index in [1.807, 2.05) is 43.3 Å². The molecule has 3 aromatic carbocycles. The maximum absolute atomic E-state index is 13.2. The Labute approximate surface area is 203 Å². The summed E-state index contributed by atoms with van der Waals surface area (Å²) in [6.07, 6.45) is 1.72. The van der Waals surface area contributed by atoms with E-state index in [0.29, 0.717) is 41.1 Å². The molecule has 174 valence electrons. The average molecular weight is 478 g/mol. The SMILES string of the molecule is COc1ccc(/C=C2\Oc3c(cc4c(c3C)OCN(Cc3ccc(Cl)cc3)C4)C2=O)cc1OC. The molecule has 0 saturated heterocycles. The summed E-state index contributed by atoms with van der Waals surface area (Å²) in [6, 6.07) is 15.1.